The Bertz CT molecular complexity index is 602. The summed E-state index contributed by atoms with van der Waals surface area (Å²) < 4.78 is 0.184. The third-order valence-corrected chi connectivity index (χ3v) is 6.79. The molecule has 1 aromatic carbocycles. The predicted octanol–water partition coefficient (Wildman–Crippen LogP) is 6.09. The Hall–Kier alpha value is -0.670. The van der Waals surface area contributed by atoms with E-state index in [1.165, 1.54) is 11.3 Å². The van der Waals surface area contributed by atoms with E-state index >= 15 is 0 Å². The molecule has 0 fully saturated rings. The number of hydrogen-bond donors (Lipinski definition) is 1. The Kier molecular flexibility index (Phi) is 6.45. The van der Waals surface area contributed by atoms with Crippen LogP contribution in [0.4, 0.5) is 5.69 Å². The number of β-amino-alcohol motifs (C(OH)–C–C–N with tert-alkyl or cyclic N) is 1. The van der Waals surface area contributed by atoms with Gasteiger partial charge in [-0.3, -0.25) is 0 Å². The smallest absolute Gasteiger partial charge is 0.0805 e. The second-order valence-electron chi connectivity index (χ2n) is 10.5. The fourth-order valence-corrected chi connectivity index (χ4v) is 5.99. The van der Waals surface area contributed by atoms with Crippen molar-refractivity contribution >= 4 is 17.4 Å². The van der Waals surface area contributed by atoms with E-state index in [1.54, 1.807) is 0 Å². The van der Waals surface area contributed by atoms with Gasteiger partial charge in [-0.15, -0.1) is 0 Å². The molecule has 3 heteroatoms. The minimum Gasteiger partial charge on any atom is -0.390 e. The molecule has 0 aromatic heterocycles. The van der Waals surface area contributed by atoms with Crippen LogP contribution in [0.2, 0.25) is 0 Å². The lowest BCUT2D eigenvalue weighted by Gasteiger charge is -2.48. The van der Waals surface area contributed by atoms with Gasteiger partial charge in [0.2, 0.25) is 0 Å². The van der Waals surface area contributed by atoms with Gasteiger partial charge in [-0.25, -0.2) is 0 Å². The van der Waals surface area contributed by atoms with E-state index in [4.69, 9.17) is 0 Å². The highest BCUT2D eigenvalue weighted by atomic mass is 32.2. The van der Waals surface area contributed by atoms with Crippen LogP contribution < -0.4 is 4.90 Å². The van der Waals surface area contributed by atoms with Crippen molar-refractivity contribution in [1.29, 1.82) is 0 Å². The summed E-state index contributed by atoms with van der Waals surface area (Å²) in [5.41, 5.74) is 3.10. The topological polar surface area (TPSA) is 23.5 Å². The van der Waals surface area contributed by atoms with E-state index in [0.717, 1.165) is 18.6 Å². The molecule has 0 radical (unpaired) electrons. The van der Waals surface area contributed by atoms with Crippen LogP contribution in [0.15, 0.2) is 24.3 Å². The summed E-state index contributed by atoms with van der Waals surface area (Å²) in [5.74, 6) is 1.35. The normalized spacial score (nSPS) is 21.4. The minimum atomic E-state index is -0.319. The van der Waals surface area contributed by atoms with Gasteiger partial charge >= 0.3 is 0 Å². The summed E-state index contributed by atoms with van der Waals surface area (Å²) in [7, 11) is 0. The molecule has 0 aliphatic carbocycles. The van der Waals surface area contributed by atoms with E-state index < -0.39 is 0 Å². The number of hydrogen-bond acceptors (Lipinski definition) is 3. The van der Waals surface area contributed by atoms with E-state index in [0.29, 0.717) is 17.9 Å². The van der Waals surface area contributed by atoms with Crippen molar-refractivity contribution in [3.63, 3.8) is 0 Å². The Balaban J connectivity index is 2.06. The maximum Gasteiger partial charge on any atom is 0.0805 e. The van der Waals surface area contributed by atoms with Crippen LogP contribution in [0.5, 0.6) is 0 Å². The molecule has 0 bridgehead atoms. The lowest BCUT2D eigenvalue weighted by atomic mass is 9.80. The van der Waals surface area contributed by atoms with Crippen molar-refractivity contribution in [2.45, 2.75) is 90.5 Å². The molecule has 1 heterocycles. The van der Waals surface area contributed by atoms with Crippen LogP contribution in [0.25, 0.3) is 0 Å². The number of anilines is 1. The van der Waals surface area contributed by atoms with Crippen LogP contribution in [0, 0.1) is 5.41 Å². The minimum absolute atomic E-state index is 0.0698. The molecule has 0 spiro atoms. The van der Waals surface area contributed by atoms with Crippen LogP contribution in [0.1, 0.15) is 79.7 Å². The molecule has 26 heavy (non-hydrogen) atoms. The van der Waals surface area contributed by atoms with Gasteiger partial charge in [0.05, 0.1) is 6.10 Å². The Morgan fingerprint density at radius 3 is 2.42 bits per heavy atom. The summed E-state index contributed by atoms with van der Waals surface area (Å²) in [6.45, 7) is 19.1. The van der Waals surface area contributed by atoms with Crippen LogP contribution in [-0.4, -0.2) is 33.8 Å². The number of thioether (sulfide) groups is 1. The summed E-state index contributed by atoms with van der Waals surface area (Å²) in [4.78, 5) is 2.43. The molecule has 1 aliphatic rings. The van der Waals surface area contributed by atoms with Crippen LogP contribution in [-0.2, 0) is 0 Å². The summed E-state index contributed by atoms with van der Waals surface area (Å²) >= 11 is 1.91. The zero-order chi connectivity index (χ0) is 19.8. The molecular weight excluding hydrogens is 338 g/mol. The highest BCUT2D eigenvalue weighted by Gasteiger charge is 2.37. The zero-order valence-electron chi connectivity index (χ0n) is 18.1. The van der Waals surface area contributed by atoms with E-state index in [-0.39, 0.29) is 16.4 Å². The predicted molar refractivity (Wildman–Crippen MR) is 118 cm³/mol. The van der Waals surface area contributed by atoms with Crippen molar-refractivity contribution in [1.82, 2.24) is 0 Å². The molecular formula is C23H39NOS. The van der Waals surface area contributed by atoms with E-state index in [1.807, 2.05) is 11.8 Å². The molecule has 1 aliphatic heterocycles. The van der Waals surface area contributed by atoms with E-state index in [2.05, 4.69) is 84.6 Å². The first kappa shape index (κ1) is 21.6. The molecule has 0 saturated carbocycles. The lowest BCUT2D eigenvalue weighted by molar-refractivity contribution is 0.191. The standard InChI is InChI=1S/C23H39NOS/c1-17-13-22(5,6)24(20-12-10-9-11-19(17)20)14-18(25)15-26-23(7,8)16-21(2,3)4/h9-12,17-18,25H,13-16H2,1-8H3. The molecule has 2 unspecified atom stereocenters. The van der Waals surface area contributed by atoms with Gasteiger partial charge in [-0.1, -0.05) is 59.7 Å². The lowest BCUT2D eigenvalue weighted by Crippen LogP contribution is -2.51. The fourth-order valence-electron chi connectivity index (χ4n) is 4.70. The molecule has 1 aromatic rings. The summed E-state index contributed by atoms with van der Waals surface area (Å²) in [5, 5.41) is 10.8. The molecule has 0 saturated heterocycles. The summed E-state index contributed by atoms with van der Waals surface area (Å²) in [6.07, 6.45) is 1.95. The Morgan fingerprint density at radius 2 is 1.81 bits per heavy atom. The van der Waals surface area contributed by atoms with Gasteiger partial charge in [0, 0.05) is 28.3 Å². The van der Waals surface area contributed by atoms with Crippen molar-refractivity contribution in [3.8, 4) is 0 Å². The number of aliphatic hydroxyl groups excluding tert-OH is 1. The molecule has 1 N–H and O–H groups in total. The number of fused-ring (bicyclic) bond motifs is 1. The first-order chi connectivity index (χ1) is 11.8. The Labute approximate surface area is 165 Å². The van der Waals surface area contributed by atoms with Crippen molar-refractivity contribution < 1.29 is 5.11 Å². The second-order valence-corrected chi connectivity index (χ2v) is 12.3. The van der Waals surface area contributed by atoms with E-state index in [9.17, 15) is 5.11 Å². The first-order valence-electron chi connectivity index (χ1n) is 9.99. The number of aliphatic hydroxyl groups is 1. The van der Waals surface area contributed by atoms with Crippen molar-refractivity contribution in [2.75, 3.05) is 17.2 Å². The average Bonchev–Trinajstić information content (AvgIpc) is 2.47. The second kappa shape index (κ2) is 7.75. The van der Waals surface area contributed by atoms with Gasteiger partial charge in [0.1, 0.15) is 0 Å². The number of nitrogens with zero attached hydrogens (tertiary/aromatic N) is 1. The number of para-hydroxylation sites is 1. The molecule has 2 atom stereocenters. The monoisotopic (exact) mass is 377 g/mol. The van der Waals surface area contributed by atoms with Crippen molar-refractivity contribution in [3.05, 3.63) is 29.8 Å². The number of rotatable bonds is 6. The fraction of sp³-hybridized carbons (Fsp3) is 0.739. The first-order valence-corrected chi connectivity index (χ1v) is 11.0. The molecule has 148 valence electrons. The zero-order valence-corrected chi connectivity index (χ0v) is 18.9. The highest BCUT2D eigenvalue weighted by Crippen LogP contribution is 2.43. The number of benzene rings is 1. The average molecular weight is 378 g/mol. The quantitative estimate of drug-likeness (QED) is 0.649. The van der Waals surface area contributed by atoms with Gasteiger partial charge < -0.3 is 10.0 Å². The highest BCUT2D eigenvalue weighted by molar-refractivity contribution is 8.00. The molecule has 0 amide bonds. The molecule has 2 rings (SSSR count). The van der Waals surface area contributed by atoms with Gasteiger partial charge in [-0.2, -0.15) is 11.8 Å². The Morgan fingerprint density at radius 1 is 1.19 bits per heavy atom. The van der Waals surface area contributed by atoms with Gasteiger partial charge in [0.15, 0.2) is 0 Å². The van der Waals surface area contributed by atoms with Gasteiger partial charge in [0.25, 0.3) is 0 Å². The third-order valence-electron chi connectivity index (χ3n) is 5.31. The summed E-state index contributed by atoms with van der Waals surface area (Å²) in [6, 6.07) is 8.71. The molecule has 2 nitrogen and oxygen atoms in total. The van der Waals surface area contributed by atoms with Crippen molar-refractivity contribution in [2.24, 2.45) is 5.41 Å². The SMILES string of the molecule is CC1CC(C)(C)N(CC(O)CSC(C)(C)CC(C)(C)C)c2ccccc21. The maximum absolute atomic E-state index is 10.8. The van der Waals surface area contributed by atoms with Gasteiger partial charge in [-0.05, 0) is 49.7 Å². The largest absolute Gasteiger partial charge is 0.390 e. The maximum atomic E-state index is 10.8. The van der Waals surface area contributed by atoms with Crippen LogP contribution >= 0.6 is 11.8 Å². The third kappa shape index (κ3) is 5.66. The van der Waals surface area contributed by atoms with Crippen LogP contribution in [0.3, 0.4) is 0 Å².